The molecule has 0 radical (unpaired) electrons. The van der Waals surface area contributed by atoms with Gasteiger partial charge in [-0.15, -0.1) is 0 Å². The second-order valence-electron chi connectivity index (χ2n) is 5.54. The van der Waals surface area contributed by atoms with Crippen molar-refractivity contribution >= 4 is 11.6 Å². The number of benzene rings is 2. The maximum atomic E-state index is 6.23. The first-order valence-corrected chi connectivity index (χ1v) is 8.20. The van der Waals surface area contributed by atoms with Gasteiger partial charge in [0.25, 0.3) is 0 Å². The lowest BCUT2D eigenvalue weighted by Gasteiger charge is -2.20. The third kappa shape index (κ3) is 4.18. The van der Waals surface area contributed by atoms with Crippen LogP contribution in [0.25, 0.3) is 0 Å². The molecule has 2 rings (SSSR count). The van der Waals surface area contributed by atoms with Crippen LogP contribution in [0.2, 0.25) is 5.02 Å². The Morgan fingerprint density at radius 2 is 1.65 bits per heavy atom. The second kappa shape index (κ2) is 8.23. The van der Waals surface area contributed by atoms with Gasteiger partial charge >= 0.3 is 0 Å². The minimum absolute atomic E-state index is 0.181. The van der Waals surface area contributed by atoms with Crippen LogP contribution < -0.4 is 15.2 Å². The maximum absolute atomic E-state index is 6.23. The van der Waals surface area contributed by atoms with E-state index in [9.17, 15) is 0 Å². The number of aryl methyl sites for hydroxylation is 1. The summed E-state index contributed by atoms with van der Waals surface area (Å²) in [6, 6.07) is 12.2. The predicted molar refractivity (Wildman–Crippen MR) is 95.9 cm³/mol. The van der Waals surface area contributed by atoms with Gasteiger partial charge in [0.05, 0.1) is 19.2 Å². The number of nitrogens with two attached hydrogens (primary N) is 1. The van der Waals surface area contributed by atoms with E-state index in [0.717, 1.165) is 29.7 Å². The van der Waals surface area contributed by atoms with Crippen LogP contribution in [0.15, 0.2) is 36.4 Å². The number of rotatable bonds is 7. The van der Waals surface area contributed by atoms with Gasteiger partial charge in [-0.05, 0) is 54.3 Å². The third-order valence-electron chi connectivity index (χ3n) is 4.13. The van der Waals surface area contributed by atoms with Crippen molar-refractivity contribution < 1.29 is 9.47 Å². The summed E-state index contributed by atoms with van der Waals surface area (Å²) in [4.78, 5) is 0. The van der Waals surface area contributed by atoms with Gasteiger partial charge in [0, 0.05) is 5.92 Å². The number of hydrogen-bond donors (Lipinski definition) is 1. The van der Waals surface area contributed by atoms with Crippen LogP contribution in [0.4, 0.5) is 0 Å². The average Bonchev–Trinajstić information content (AvgIpc) is 2.59. The van der Waals surface area contributed by atoms with Gasteiger partial charge in [-0.1, -0.05) is 36.7 Å². The number of ether oxygens (including phenoxy) is 2. The zero-order chi connectivity index (χ0) is 16.8. The van der Waals surface area contributed by atoms with Crippen LogP contribution in [0, 0.1) is 0 Å². The van der Waals surface area contributed by atoms with Crippen LogP contribution in [0.5, 0.6) is 11.5 Å². The van der Waals surface area contributed by atoms with E-state index in [4.69, 9.17) is 26.8 Å². The summed E-state index contributed by atoms with van der Waals surface area (Å²) in [5, 5.41) is 0.620. The first-order chi connectivity index (χ1) is 11.1. The van der Waals surface area contributed by atoms with E-state index in [-0.39, 0.29) is 5.92 Å². The van der Waals surface area contributed by atoms with E-state index in [2.05, 4.69) is 19.1 Å². The maximum Gasteiger partial charge on any atom is 0.137 e. The molecule has 0 aliphatic carbocycles. The Kier molecular flexibility index (Phi) is 6.31. The molecule has 124 valence electrons. The fourth-order valence-electron chi connectivity index (χ4n) is 2.76. The lowest BCUT2D eigenvalue weighted by Crippen LogP contribution is -2.16. The summed E-state index contributed by atoms with van der Waals surface area (Å²) in [7, 11) is 3.31. The molecule has 2 N–H and O–H groups in total. The Hall–Kier alpha value is -1.71. The van der Waals surface area contributed by atoms with Gasteiger partial charge in [-0.3, -0.25) is 0 Å². The van der Waals surface area contributed by atoms with Gasteiger partial charge in [0.15, 0.2) is 0 Å². The molecule has 23 heavy (non-hydrogen) atoms. The second-order valence-corrected chi connectivity index (χ2v) is 5.94. The quantitative estimate of drug-likeness (QED) is 0.825. The molecule has 0 aliphatic heterocycles. The molecule has 0 saturated carbocycles. The molecule has 0 spiro atoms. The highest BCUT2D eigenvalue weighted by atomic mass is 35.5. The minimum Gasteiger partial charge on any atom is -0.496 e. The average molecular weight is 334 g/mol. The van der Waals surface area contributed by atoms with Crippen molar-refractivity contribution in [2.75, 3.05) is 20.8 Å². The van der Waals surface area contributed by atoms with Crippen molar-refractivity contribution in [2.24, 2.45) is 5.73 Å². The third-order valence-corrected chi connectivity index (χ3v) is 4.42. The van der Waals surface area contributed by atoms with Gasteiger partial charge in [0.1, 0.15) is 11.5 Å². The molecule has 0 saturated heterocycles. The van der Waals surface area contributed by atoms with Crippen LogP contribution in [0.1, 0.15) is 29.5 Å². The molecular weight excluding hydrogens is 310 g/mol. The van der Waals surface area contributed by atoms with E-state index >= 15 is 0 Å². The summed E-state index contributed by atoms with van der Waals surface area (Å²) in [6.45, 7) is 2.69. The summed E-state index contributed by atoms with van der Waals surface area (Å²) in [6.07, 6.45) is 1.80. The van der Waals surface area contributed by atoms with Gasteiger partial charge < -0.3 is 15.2 Å². The summed E-state index contributed by atoms with van der Waals surface area (Å²) in [5.41, 5.74) is 9.62. The molecule has 2 aromatic rings. The molecule has 3 nitrogen and oxygen atoms in total. The SMILES string of the molecule is CCc1ccc(OC)c(C(CN)Cc2ccc(OC)c(Cl)c2)c1. The smallest absolute Gasteiger partial charge is 0.137 e. The molecule has 0 amide bonds. The van der Waals surface area contributed by atoms with Crippen LogP contribution >= 0.6 is 11.6 Å². The zero-order valence-corrected chi connectivity index (χ0v) is 14.7. The standard InChI is InChI=1S/C19H24ClNO2/c1-4-13-5-7-18(22-2)16(10-13)15(12-21)9-14-6-8-19(23-3)17(20)11-14/h5-8,10-11,15H,4,9,12,21H2,1-3H3. The minimum atomic E-state index is 0.181. The van der Waals surface area contributed by atoms with Gasteiger partial charge in [0.2, 0.25) is 0 Å². The number of methoxy groups -OCH3 is 2. The molecule has 1 atom stereocenters. The predicted octanol–water partition coefficient (Wildman–Crippen LogP) is 4.20. The summed E-state index contributed by atoms with van der Waals surface area (Å²) < 4.78 is 10.7. The summed E-state index contributed by atoms with van der Waals surface area (Å²) >= 11 is 6.23. The van der Waals surface area contributed by atoms with Crippen molar-refractivity contribution in [3.63, 3.8) is 0 Å². The molecule has 2 aromatic carbocycles. The van der Waals surface area contributed by atoms with Crippen LogP contribution in [-0.4, -0.2) is 20.8 Å². The topological polar surface area (TPSA) is 44.5 Å². The number of hydrogen-bond acceptors (Lipinski definition) is 3. The van der Waals surface area contributed by atoms with Crippen LogP contribution in [-0.2, 0) is 12.8 Å². The van der Waals surface area contributed by atoms with E-state index in [1.807, 2.05) is 24.3 Å². The molecule has 0 heterocycles. The van der Waals surface area contributed by atoms with Gasteiger partial charge in [-0.25, -0.2) is 0 Å². The lowest BCUT2D eigenvalue weighted by atomic mass is 9.90. The highest BCUT2D eigenvalue weighted by molar-refractivity contribution is 6.32. The number of halogens is 1. The van der Waals surface area contributed by atoms with Crippen molar-refractivity contribution in [1.29, 1.82) is 0 Å². The van der Waals surface area contributed by atoms with E-state index in [0.29, 0.717) is 17.3 Å². The fraction of sp³-hybridized carbons (Fsp3) is 0.368. The van der Waals surface area contributed by atoms with Crippen molar-refractivity contribution in [2.45, 2.75) is 25.7 Å². The van der Waals surface area contributed by atoms with Crippen molar-refractivity contribution in [1.82, 2.24) is 0 Å². The van der Waals surface area contributed by atoms with E-state index < -0.39 is 0 Å². The highest BCUT2D eigenvalue weighted by Crippen LogP contribution is 2.32. The molecule has 1 unspecified atom stereocenters. The Balaban J connectivity index is 2.31. The molecule has 0 fully saturated rings. The van der Waals surface area contributed by atoms with E-state index in [1.165, 1.54) is 5.56 Å². The molecule has 0 aliphatic rings. The fourth-order valence-corrected chi connectivity index (χ4v) is 3.04. The molecule has 0 bridgehead atoms. The molecule has 4 heteroatoms. The van der Waals surface area contributed by atoms with E-state index in [1.54, 1.807) is 14.2 Å². The monoisotopic (exact) mass is 333 g/mol. The van der Waals surface area contributed by atoms with Crippen molar-refractivity contribution in [3.05, 3.63) is 58.1 Å². The Morgan fingerprint density at radius 1 is 1.00 bits per heavy atom. The highest BCUT2D eigenvalue weighted by Gasteiger charge is 2.17. The normalized spacial score (nSPS) is 12.0. The lowest BCUT2D eigenvalue weighted by molar-refractivity contribution is 0.405. The van der Waals surface area contributed by atoms with Crippen molar-refractivity contribution in [3.8, 4) is 11.5 Å². The molecular formula is C19H24ClNO2. The zero-order valence-electron chi connectivity index (χ0n) is 13.9. The Bertz CT molecular complexity index is 658. The summed E-state index contributed by atoms with van der Waals surface area (Å²) in [5.74, 6) is 1.75. The Labute approximate surface area is 143 Å². The Morgan fingerprint density at radius 3 is 2.22 bits per heavy atom. The van der Waals surface area contributed by atoms with Gasteiger partial charge in [-0.2, -0.15) is 0 Å². The largest absolute Gasteiger partial charge is 0.496 e. The van der Waals surface area contributed by atoms with Crippen LogP contribution in [0.3, 0.4) is 0 Å². The molecule has 0 aromatic heterocycles. The first-order valence-electron chi connectivity index (χ1n) is 7.82. The first kappa shape index (κ1) is 17.6.